The summed E-state index contributed by atoms with van der Waals surface area (Å²) in [5, 5.41) is 3.68. The standard InChI is InChI=1S/C16H32N2O/c1-13-5-9-16(10-6-13,18(3)4)15(17-2)14-7-11-19-12-8-14/h13-15,17H,5-12H2,1-4H3. The average molecular weight is 268 g/mol. The first-order valence-corrected chi connectivity index (χ1v) is 8.02. The van der Waals surface area contributed by atoms with Crippen molar-refractivity contribution < 1.29 is 4.74 Å². The Hall–Kier alpha value is -0.120. The van der Waals surface area contributed by atoms with E-state index in [1.54, 1.807) is 0 Å². The van der Waals surface area contributed by atoms with E-state index in [0.29, 0.717) is 11.6 Å². The summed E-state index contributed by atoms with van der Waals surface area (Å²) in [5.74, 6) is 1.68. The van der Waals surface area contributed by atoms with Crippen LogP contribution in [-0.4, -0.2) is 50.8 Å². The highest BCUT2D eigenvalue weighted by Crippen LogP contribution is 2.41. The lowest BCUT2D eigenvalue weighted by atomic mass is 9.67. The first-order chi connectivity index (χ1) is 9.10. The quantitative estimate of drug-likeness (QED) is 0.848. The molecule has 1 N–H and O–H groups in total. The third-order valence-electron chi connectivity index (χ3n) is 5.66. The number of hydrogen-bond acceptors (Lipinski definition) is 3. The molecule has 1 aliphatic heterocycles. The molecule has 0 radical (unpaired) electrons. The summed E-state index contributed by atoms with van der Waals surface area (Å²) < 4.78 is 5.55. The second-order valence-corrected chi connectivity index (χ2v) is 6.90. The molecule has 0 amide bonds. The van der Waals surface area contributed by atoms with E-state index in [2.05, 4.69) is 38.3 Å². The third kappa shape index (κ3) is 3.14. The van der Waals surface area contributed by atoms with Gasteiger partial charge in [-0.05, 0) is 71.5 Å². The summed E-state index contributed by atoms with van der Waals surface area (Å²) in [6, 6.07) is 0.610. The van der Waals surface area contributed by atoms with Crippen LogP contribution in [0, 0.1) is 11.8 Å². The lowest BCUT2D eigenvalue weighted by molar-refractivity contribution is -0.0123. The van der Waals surface area contributed by atoms with Crippen LogP contribution in [0.15, 0.2) is 0 Å². The number of nitrogens with zero attached hydrogens (tertiary/aromatic N) is 1. The minimum Gasteiger partial charge on any atom is -0.381 e. The van der Waals surface area contributed by atoms with E-state index < -0.39 is 0 Å². The number of likely N-dealkylation sites (N-methyl/N-ethyl adjacent to an activating group) is 2. The zero-order valence-corrected chi connectivity index (χ0v) is 13.2. The summed E-state index contributed by atoms with van der Waals surface area (Å²) >= 11 is 0. The largest absolute Gasteiger partial charge is 0.381 e. The van der Waals surface area contributed by atoms with Crippen molar-refractivity contribution in [3.05, 3.63) is 0 Å². The number of hydrogen-bond donors (Lipinski definition) is 1. The molecule has 2 rings (SSSR count). The lowest BCUT2D eigenvalue weighted by Gasteiger charge is -2.52. The van der Waals surface area contributed by atoms with Crippen LogP contribution < -0.4 is 5.32 Å². The van der Waals surface area contributed by atoms with E-state index in [1.165, 1.54) is 38.5 Å². The van der Waals surface area contributed by atoms with Crippen LogP contribution in [-0.2, 0) is 4.74 Å². The second-order valence-electron chi connectivity index (χ2n) is 6.90. The van der Waals surface area contributed by atoms with Crippen molar-refractivity contribution in [1.82, 2.24) is 10.2 Å². The van der Waals surface area contributed by atoms with Gasteiger partial charge in [-0.15, -0.1) is 0 Å². The van der Waals surface area contributed by atoms with E-state index >= 15 is 0 Å². The van der Waals surface area contributed by atoms with Crippen molar-refractivity contribution in [2.45, 2.75) is 57.0 Å². The van der Waals surface area contributed by atoms with Crippen LogP contribution in [0.5, 0.6) is 0 Å². The highest BCUT2D eigenvalue weighted by molar-refractivity contribution is 5.03. The van der Waals surface area contributed by atoms with Gasteiger partial charge in [0.2, 0.25) is 0 Å². The lowest BCUT2D eigenvalue weighted by Crippen LogP contribution is -2.63. The Bertz CT molecular complexity index is 266. The minimum absolute atomic E-state index is 0.350. The maximum atomic E-state index is 5.55. The molecule has 0 aromatic heterocycles. The monoisotopic (exact) mass is 268 g/mol. The molecule has 0 aromatic carbocycles. The fraction of sp³-hybridized carbons (Fsp3) is 1.00. The van der Waals surface area contributed by atoms with Gasteiger partial charge in [-0.2, -0.15) is 0 Å². The van der Waals surface area contributed by atoms with Gasteiger partial charge in [0.05, 0.1) is 0 Å². The van der Waals surface area contributed by atoms with Crippen molar-refractivity contribution in [1.29, 1.82) is 0 Å². The van der Waals surface area contributed by atoms with Gasteiger partial charge < -0.3 is 15.0 Å². The summed E-state index contributed by atoms with van der Waals surface area (Å²) in [7, 11) is 6.71. The maximum absolute atomic E-state index is 5.55. The van der Waals surface area contributed by atoms with Crippen LogP contribution in [0.25, 0.3) is 0 Å². The molecular formula is C16H32N2O. The summed E-state index contributed by atoms with van der Waals surface area (Å²) in [4.78, 5) is 2.51. The van der Waals surface area contributed by atoms with Gasteiger partial charge in [0.25, 0.3) is 0 Å². The molecule has 0 aromatic rings. The van der Waals surface area contributed by atoms with E-state index in [0.717, 1.165) is 25.0 Å². The van der Waals surface area contributed by atoms with Crippen molar-refractivity contribution >= 4 is 0 Å². The predicted molar refractivity (Wildman–Crippen MR) is 80.4 cm³/mol. The molecule has 1 atom stereocenters. The Morgan fingerprint density at radius 3 is 2.16 bits per heavy atom. The van der Waals surface area contributed by atoms with Gasteiger partial charge in [0.1, 0.15) is 0 Å². The molecule has 2 aliphatic rings. The topological polar surface area (TPSA) is 24.5 Å². The zero-order valence-electron chi connectivity index (χ0n) is 13.2. The fourth-order valence-electron chi connectivity index (χ4n) is 4.29. The molecule has 1 saturated heterocycles. The third-order valence-corrected chi connectivity index (χ3v) is 5.66. The van der Waals surface area contributed by atoms with Crippen LogP contribution >= 0.6 is 0 Å². The zero-order chi connectivity index (χ0) is 13.9. The van der Waals surface area contributed by atoms with Crippen LogP contribution in [0.2, 0.25) is 0 Å². The van der Waals surface area contributed by atoms with Gasteiger partial charge >= 0.3 is 0 Å². The molecule has 19 heavy (non-hydrogen) atoms. The van der Waals surface area contributed by atoms with E-state index in [1.807, 2.05) is 0 Å². The molecule has 112 valence electrons. The Morgan fingerprint density at radius 1 is 1.11 bits per heavy atom. The first-order valence-electron chi connectivity index (χ1n) is 8.02. The normalized spacial score (nSPS) is 35.5. The molecule has 0 bridgehead atoms. The molecule has 1 aliphatic carbocycles. The van der Waals surface area contributed by atoms with Crippen molar-refractivity contribution in [2.24, 2.45) is 11.8 Å². The molecule has 1 unspecified atom stereocenters. The molecule has 1 heterocycles. The molecule has 0 spiro atoms. The Labute approximate surface area is 119 Å². The van der Waals surface area contributed by atoms with Gasteiger partial charge in [0.15, 0.2) is 0 Å². The van der Waals surface area contributed by atoms with Crippen LogP contribution in [0.4, 0.5) is 0 Å². The number of ether oxygens (including phenoxy) is 1. The van der Waals surface area contributed by atoms with Gasteiger partial charge in [-0.1, -0.05) is 6.92 Å². The number of nitrogens with one attached hydrogen (secondary N) is 1. The summed E-state index contributed by atoms with van der Waals surface area (Å²) in [6.45, 7) is 4.30. The molecule has 1 saturated carbocycles. The van der Waals surface area contributed by atoms with Gasteiger partial charge in [-0.25, -0.2) is 0 Å². The fourth-order valence-corrected chi connectivity index (χ4v) is 4.29. The van der Waals surface area contributed by atoms with E-state index in [9.17, 15) is 0 Å². The highest BCUT2D eigenvalue weighted by atomic mass is 16.5. The van der Waals surface area contributed by atoms with Gasteiger partial charge in [-0.3, -0.25) is 0 Å². The smallest absolute Gasteiger partial charge is 0.0469 e. The van der Waals surface area contributed by atoms with Crippen LogP contribution in [0.3, 0.4) is 0 Å². The first kappa shape index (κ1) is 15.3. The summed E-state index contributed by atoms with van der Waals surface area (Å²) in [6.07, 6.45) is 7.86. The predicted octanol–water partition coefficient (Wildman–Crippen LogP) is 2.51. The molecule has 2 fully saturated rings. The molecular weight excluding hydrogens is 236 g/mol. The average Bonchev–Trinajstić information content (AvgIpc) is 2.43. The molecule has 3 heteroatoms. The number of rotatable bonds is 4. The minimum atomic E-state index is 0.350. The Morgan fingerprint density at radius 2 is 1.68 bits per heavy atom. The SMILES string of the molecule is CNC(C1CCOCC1)C1(N(C)C)CCC(C)CC1. The second kappa shape index (κ2) is 6.55. The highest BCUT2D eigenvalue weighted by Gasteiger charge is 2.45. The summed E-state index contributed by atoms with van der Waals surface area (Å²) in [5.41, 5.74) is 0.350. The van der Waals surface area contributed by atoms with Crippen molar-refractivity contribution in [3.63, 3.8) is 0 Å². The maximum Gasteiger partial charge on any atom is 0.0469 e. The van der Waals surface area contributed by atoms with E-state index in [-0.39, 0.29) is 0 Å². The molecule has 3 nitrogen and oxygen atoms in total. The van der Waals surface area contributed by atoms with Crippen LogP contribution in [0.1, 0.15) is 45.4 Å². The Balaban J connectivity index is 2.15. The van der Waals surface area contributed by atoms with E-state index in [4.69, 9.17) is 4.74 Å². The van der Waals surface area contributed by atoms with Crippen molar-refractivity contribution in [3.8, 4) is 0 Å². The Kier molecular flexibility index (Phi) is 5.27. The van der Waals surface area contributed by atoms with Crippen molar-refractivity contribution in [2.75, 3.05) is 34.4 Å². The van der Waals surface area contributed by atoms with Gasteiger partial charge in [0, 0.05) is 24.8 Å².